The zero-order valence-corrected chi connectivity index (χ0v) is 11.6. The monoisotopic (exact) mass is 304 g/mol. The predicted molar refractivity (Wildman–Crippen MR) is 76.6 cm³/mol. The fourth-order valence-corrected chi connectivity index (χ4v) is 2.33. The van der Waals surface area contributed by atoms with Crippen molar-refractivity contribution in [1.29, 1.82) is 0 Å². The van der Waals surface area contributed by atoms with Gasteiger partial charge >= 0.3 is 0 Å². The number of halogens is 3. The van der Waals surface area contributed by atoms with Crippen molar-refractivity contribution in [3.8, 4) is 5.69 Å². The molecule has 1 aromatic heterocycles. The van der Waals surface area contributed by atoms with E-state index >= 15 is 0 Å². The van der Waals surface area contributed by atoms with Gasteiger partial charge in [0, 0.05) is 12.5 Å². The zero-order chi connectivity index (χ0) is 15.9. The summed E-state index contributed by atoms with van der Waals surface area (Å²) < 4.78 is 41.1. The van der Waals surface area contributed by atoms with E-state index in [1.54, 1.807) is 6.92 Å². The highest BCUT2D eigenvalue weighted by molar-refractivity contribution is 5.78. The Morgan fingerprint density at radius 1 is 1.05 bits per heavy atom. The summed E-state index contributed by atoms with van der Waals surface area (Å²) >= 11 is 0. The quantitative estimate of drug-likeness (QED) is 0.727. The van der Waals surface area contributed by atoms with E-state index in [0.717, 1.165) is 18.2 Å². The number of aromatic nitrogens is 2. The van der Waals surface area contributed by atoms with E-state index in [1.165, 1.54) is 22.8 Å². The first-order valence-corrected chi connectivity index (χ1v) is 6.68. The topological polar surface area (TPSA) is 34.9 Å². The first kappa shape index (κ1) is 14.3. The van der Waals surface area contributed by atoms with Gasteiger partial charge in [-0.15, -0.1) is 0 Å². The Morgan fingerprint density at radius 2 is 1.82 bits per heavy atom. The van der Waals surface area contributed by atoms with Crippen molar-refractivity contribution in [1.82, 2.24) is 9.55 Å². The van der Waals surface area contributed by atoms with E-state index in [-0.39, 0.29) is 11.1 Å². The molecule has 0 aliphatic rings. The molecule has 3 rings (SSSR count). The van der Waals surface area contributed by atoms with Crippen LogP contribution in [0, 0.1) is 17.5 Å². The lowest BCUT2D eigenvalue weighted by atomic mass is 10.2. The maximum absolute atomic E-state index is 13.4. The molecule has 2 aromatic carbocycles. The minimum absolute atomic E-state index is 0.0851. The van der Waals surface area contributed by atoms with Crippen LogP contribution in [0.15, 0.2) is 41.2 Å². The van der Waals surface area contributed by atoms with Crippen LogP contribution < -0.4 is 5.56 Å². The average molecular weight is 304 g/mol. The zero-order valence-electron chi connectivity index (χ0n) is 11.6. The first-order valence-electron chi connectivity index (χ1n) is 6.68. The molecule has 22 heavy (non-hydrogen) atoms. The summed E-state index contributed by atoms with van der Waals surface area (Å²) in [5.41, 5.74) is -0.00569. The van der Waals surface area contributed by atoms with Gasteiger partial charge in [0.25, 0.3) is 5.56 Å². The SMILES string of the molecule is CCc1nc2ccc(F)cc2c(=O)n1-c1ccc(F)c(F)c1. The van der Waals surface area contributed by atoms with Gasteiger partial charge < -0.3 is 0 Å². The summed E-state index contributed by atoms with van der Waals surface area (Å²) in [6.07, 6.45) is 0.404. The largest absolute Gasteiger partial charge is 0.268 e. The maximum atomic E-state index is 13.4. The molecule has 0 aliphatic carbocycles. The third kappa shape index (κ3) is 2.26. The van der Waals surface area contributed by atoms with Crippen LogP contribution >= 0.6 is 0 Å². The summed E-state index contributed by atoms with van der Waals surface area (Å²) in [4.78, 5) is 16.9. The molecule has 0 saturated heterocycles. The molecule has 112 valence electrons. The summed E-state index contributed by atoms with van der Waals surface area (Å²) in [7, 11) is 0. The lowest BCUT2D eigenvalue weighted by Gasteiger charge is -2.12. The van der Waals surface area contributed by atoms with Gasteiger partial charge in [-0.2, -0.15) is 0 Å². The Hall–Kier alpha value is -2.63. The Morgan fingerprint density at radius 3 is 2.50 bits per heavy atom. The second kappa shape index (κ2) is 5.29. The number of nitrogens with zero attached hydrogens (tertiary/aromatic N) is 2. The molecular formula is C16H11F3N2O. The van der Waals surface area contributed by atoms with E-state index in [0.29, 0.717) is 17.8 Å². The van der Waals surface area contributed by atoms with Crippen LogP contribution in [0.3, 0.4) is 0 Å². The standard InChI is InChI=1S/C16H11F3N2O/c1-2-15-20-14-6-3-9(17)7-11(14)16(22)21(15)10-4-5-12(18)13(19)8-10/h3-8H,2H2,1H3. The second-order valence-electron chi connectivity index (χ2n) is 4.78. The van der Waals surface area contributed by atoms with Crippen molar-refractivity contribution in [2.45, 2.75) is 13.3 Å². The van der Waals surface area contributed by atoms with E-state index in [1.807, 2.05) is 0 Å². The number of fused-ring (bicyclic) bond motifs is 1. The third-order valence-electron chi connectivity index (χ3n) is 3.38. The maximum Gasteiger partial charge on any atom is 0.266 e. The van der Waals surface area contributed by atoms with E-state index in [2.05, 4.69) is 4.98 Å². The smallest absolute Gasteiger partial charge is 0.266 e. The molecule has 0 spiro atoms. The Labute approximate surface area is 123 Å². The first-order chi connectivity index (χ1) is 10.5. The minimum Gasteiger partial charge on any atom is -0.268 e. The number of aryl methyl sites for hydroxylation is 1. The minimum atomic E-state index is -1.06. The van der Waals surface area contributed by atoms with Crippen LogP contribution in [0.25, 0.3) is 16.6 Å². The molecule has 0 atom stereocenters. The van der Waals surface area contributed by atoms with Gasteiger partial charge in [0.1, 0.15) is 11.6 Å². The molecule has 0 amide bonds. The molecule has 0 saturated carbocycles. The molecule has 0 radical (unpaired) electrons. The number of hydrogen-bond acceptors (Lipinski definition) is 2. The average Bonchev–Trinajstić information content (AvgIpc) is 2.50. The van der Waals surface area contributed by atoms with E-state index < -0.39 is 23.0 Å². The Bertz CT molecular complexity index is 935. The van der Waals surface area contributed by atoms with Crippen molar-refractivity contribution in [2.24, 2.45) is 0 Å². The highest BCUT2D eigenvalue weighted by Crippen LogP contribution is 2.16. The van der Waals surface area contributed by atoms with Crippen LogP contribution in [0.2, 0.25) is 0 Å². The molecular weight excluding hydrogens is 293 g/mol. The Balaban J connectivity index is 2.38. The fourth-order valence-electron chi connectivity index (χ4n) is 2.33. The van der Waals surface area contributed by atoms with E-state index in [4.69, 9.17) is 0 Å². The van der Waals surface area contributed by atoms with Crippen LogP contribution in [0.5, 0.6) is 0 Å². The van der Waals surface area contributed by atoms with Gasteiger partial charge in [0.05, 0.1) is 16.6 Å². The molecule has 3 aromatic rings. The molecule has 1 heterocycles. The molecule has 0 aliphatic heterocycles. The molecule has 3 nitrogen and oxygen atoms in total. The van der Waals surface area contributed by atoms with Gasteiger partial charge in [0.15, 0.2) is 11.6 Å². The molecule has 0 fully saturated rings. The summed E-state index contributed by atoms with van der Waals surface area (Å²) in [5, 5.41) is 0.0851. The number of hydrogen-bond donors (Lipinski definition) is 0. The van der Waals surface area contributed by atoms with Crippen molar-refractivity contribution < 1.29 is 13.2 Å². The lowest BCUT2D eigenvalue weighted by molar-refractivity contribution is 0.507. The van der Waals surface area contributed by atoms with Crippen LogP contribution in [0.1, 0.15) is 12.7 Å². The van der Waals surface area contributed by atoms with Crippen LogP contribution in [-0.2, 0) is 6.42 Å². The number of benzene rings is 2. The van der Waals surface area contributed by atoms with Crippen LogP contribution in [-0.4, -0.2) is 9.55 Å². The summed E-state index contributed by atoms with van der Waals surface area (Å²) in [6, 6.07) is 6.86. The lowest BCUT2D eigenvalue weighted by Crippen LogP contribution is -2.24. The number of rotatable bonds is 2. The third-order valence-corrected chi connectivity index (χ3v) is 3.38. The van der Waals surface area contributed by atoms with Crippen LogP contribution in [0.4, 0.5) is 13.2 Å². The highest BCUT2D eigenvalue weighted by Gasteiger charge is 2.14. The molecule has 0 unspecified atom stereocenters. The van der Waals surface area contributed by atoms with Gasteiger partial charge in [0.2, 0.25) is 0 Å². The Kier molecular flexibility index (Phi) is 3.44. The fraction of sp³-hybridized carbons (Fsp3) is 0.125. The molecule has 6 heteroatoms. The van der Waals surface area contributed by atoms with Gasteiger partial charge in [-0.1, -0.05) is 6.92 Å². The van der Waals surface area contributed by atoms with Crippen molar-refractivity contribution >= 4 is 10.9 Å². The van der Waals surface area contributed by atoms with Gasteiger partial charge in [-0.25, -0.2) is 18.2 Å². The normalized spacial score (nSPS) is 11.1. The van der Waals surface area contributed by atoms with Gasteiger partial charge in [-0.05, 0) is 30.3 Å². The predicted octanol–water partition coefficient (Wildman–Crippen LogP) is 3.37. The molecule has 0 bridgehead atoms. The van der Waals surface area contributed by atoms with E-state index in [9.17, 15) is 18.0 Å². The highest BCUT2D eigenvalue weighted by atomic mass is 19.2. The summed E-state index contributed by atoms with van der Waals surface area (Å²) in [6.45, 7) is 1.79. The van der Waals surface area contributed by atoms with Crippen molar-refractivity contribution in [3.05, 3.63) is 70.0 Å². The van der Waals surface area contributed by atoms with Gasteiger partial charge in [-0.3, -0.25) is 9.36 Å². The summed E-state index contributed by atoms with van der Waals surface area (Å²) in [5.74, 6) is -2.25. The molecule has 0 N–H and O–H groups in total. The van der Waals surface area contributed by atoms with Crippen molar-refractivity contribution in [2.75, 3.05) is 0 Å². The second-order valence-corrected chi connectivity index (χ2v) is 4.78. The van der Waals surface area contributed by atoms with Crippen molar-refractivity contribution in [3.63, 3.8) is 0 Å².